The van der Waals surface area contributed by atoms with Crippen LogP contribution in [-0.2, 0) is 4.79 Å². The van der Waals surface area contributed by atoms with Crippen molar-refractivity contribution in [2.24, 2.45) is 0 Å². The van der Waals surface area contributed by atoms with Crippen LogP contribution in [0, 0.1) is 11.3 Å². The van der Waals surface area contributed by atoms with Crippen molar-refractivity contribution >= 4 is 17.3 Å². The van der Waals surface area contributed by atoms with Crippen LogP contribution in [0.3, 0.4) is 0 Å². The highest BCUT2D eigenvalue weighted by Gasteiger charge is 2.07. The van der Waals surface area contributed by atoms with Crippen molar-refractivity contribution < 1.29 is 9.53 Å². The Balaban J connectivity index is 2.31. The first kappa shape index (κ1) is 13.4. The minimum Gasteiger partial charge on any atom is -0.455 e. The van der Waals surface area contributed by atoms with Gasteiger partial charge in [-0.3, -0.25) is 4.79 Å². The highest BCUT2D eigenvalue weighted by molar-refractivity contribution is 5.90. The van der Waals surface area contributed by atoms with Gasteiger partial charge in [0.05, 0.1) is 11.3 Å². The van der Waals surface area contributed by atoms with Gasteiger partial charge in [-0.15, -0.1) is 0 Å². The average Bonchev–Trinajstić information content (AvgIpc) is 2.42. The Morgan fingerprint density at radius 1 is 1.30 bits per heavy atom. The zero-order valence-electron chi connectivity index (χ0n) is 10.9. The van der Waals surface area contributed by atoms with Crippen LogP contribution in [0.4, 0.5) is 11.4 Å². The van der Waals surface area contributed by atoms with Crippen LogP contribution in [0.15, 0.2) is 42.5 Å². The van der Waals surface area contributed by atoms with Crippen LogP contribution in [0.1, 0.15) is 12.5 Å². The predicted octanol–water partition coefficient (Wildman–Crippen LogP) is 2.89. The van der Waals surface area contributed by atoms with Gasteiger partial charge >= 0.3 is 0 Å². The van der Waals surface area contributed by atoms with Crippen LogP contribution < -0.4 is 15.8 Å². The number of hydrogen-bond donors (Lipinski definition) is 2. The van der Waals surface area contributed by atoms with Crippen LogP contribution in [0.5, 0.6) is 11.5 Å². The van der Waals surface area contributed by atoms with E-state index in [0.29, 0.717) is 28.4 Å². The van der Waals surface area contributed by atoms with E-state index in [0.717, 1.165) is 0 Å². The molecule has 5 heteroatoms. The number of nitrogens with two attached hydrogens (primary N) is 1. The van der Waals surface area contributed by atoms with Crippen LogP contribution in [-0.4, -0.2) is 5.91 Å². The number of hydrogen-bond acceptors (Lipinski definition) is 4. The quantitative estimate of drug-likeness (QED) is 0.837. The van der Waals surface area contributed by atoms with E-state index in [1.54, 1.807) is 42.5 Å². The molecule has 3 N–H and O–H groups in total. The summed E-state index contributed by atoms with van der Waals surface area (Å²) < 4.78 is 5.69. The minimum absolute atomic E-state index is 0.184. The summed E-state index contributed by atoms with van der Waals surface area (Å²) >= 11 is 0. The van der Waals surface area contributed by atoms with Gasteiger partial charge in [0.15, 0.2) is 5.75 Å². The number of anilines is 2. The van der Waals surface area contributed by atoms with Crippen molar-refractivity contribution in [3.8, 4) is 17.6 Å². The molecule has 0 bridgehead atoms. The van der Waals surface area contributed by atoms with Gasteiger partial charge in [0.1, 0.15) is 11.8 Å². The van der Waals surface area contributed by atoms with E-state index in [1.807, 2.05) is 6.07 Å². The van der Waals surface area contributed by atoms with E-state index in [2.05, 4.69) is 5.32 Å². The number of carbonyl (C=O) groups excluding carboxylic acids is 1. The molecule has 5 nitrogen and oxygen atoms in total. The van der Waals surface area contributed by atoms with Crippen molar-refractivity contribution in [2.75, 3.05) is 11.1 Å². The molecule has 0 aromatic heterocycles. The third-order valence-electron chi connectivity index (χ3n) is 2.57. The van der Waals surface area contributed by atoms with E-state index < -0.39 is 0 Å². The number of ether oxygens (including phenoxy) is 1. The molecular weight excluding hydrogens is 254 g/mol. The summed E-state index contributed by atoms with van der Waals surface area (Å²) in [7, 11) is 0. The van der Waals surface area contributed by atoms with Gasteiger partial charge in [0.2, 0.25) is 5.91 Å². The lowest BCUT2D eigenvalue weighted by Crippen LogP contribution is -2.06. The molecule has 0 spiro atoms. The van der Waals surface area contributed by atoms with Crippen molar-refractivity contribution in [3.63, 3.8) is 0 Å². The summed E-state index contributed by atoms with van der Waals surface area (Å²) in [6, 6.07) is 13.9. The highest BCUT2D eigenvalue weighted by Crippen LogP contribution is 2.30. The summed E-state index contributed by atoms with van der Waals surface area (Å²) in [5.74, 6) is 0.793. The molecule has 2 aromatic rings. The minimum atomic E-state index is -0.184. The molecule has 0 heterocycles. The number of nitrogens with one attached hydrogen (secondary N) is 1. The zero-order valence-corrected chi connectivity index (χ0v) is 10.9. The molecule has 0 atom stereocenters. The summed E-state index contributed by atoms with van der Waals surface area (Å²) in [6.07, 6.45) is 0. The number of rotatable bonds is 3. The number of nitriles is 1. The number of para-hydroxylation sites is 2. The molecule has 0 aliphatic rings. The first-order chi connectivity index (χ1) is 9.60. The molecule has 100 valence electrons. The Kier molecular flexibility index (Phi) is 3.87. The summed E-state index contributed by atoms with van der Waals surface area (Å²) in [5, 5.41) is 11.6. The standard InChI is InChI=1S/C15H13N3O2/c1-10(19)18-14-4-2-3-5-15(14)20-12-6-7-13(17)11(8-12)9-16/h2-8H,17H2,1H3,(H,18,19). The van der Waals surface area contributed by atoms with Gasteiger partial charge in [-0.2, -0.15) is 5.26 Å². The van der Waals surface area contributed by atoms with E-state index in [9.17, 15) is 4.79 Å². The number of benzene rings is 2. The van der Waals surface area contributed by atoms with Gasteiger partial charge in [-0.05, 0) is 24.3 Å². The lowest BCUT2D eigenvalue weighted by molar-refractivity contribution is -0.114. The Morgan fingerprint density at radius 3 is 2.75 bits per heavy atom. The van der Waals surface area contributed by atoms with Crippen LogP contribution in [0.25, 0.3) is 0 Å². The topological polar surface area (TPSA) is 88.1 Å². The lowest BCUT2D eigenvalue weighted by atomic mass is 10.2. The Morgan fingerprint density at radius 2 is 2.05 bits per heavy atom. The van der Waals surface area contributed by atoms with Gasteiger partial charge in [0, 0.05) is 18.7 Å². The highest BCUT2D eigenvalue weighted by atomic mass is 16.5. The fourth-order valence-electron chi connectivity index (χ4n) is 1.67. The predicted molar refractivity (Wildman–Crippen MR) is 76.4 cm³/mol. The van der Waals surface area contributed by atoms with Gasteiger partial charge in [-0.25, -0.2) is 0 Å². The van der Waals surface area contributed by atoms with E-state index in [1.165, 1.54) is 6.92 Å². The number of nitrogens with zero attached hydrogens (tertiary/aromatic N) is 1. The first-order valence-corrected chi connectivity index (χ1v) is 5.94. The Bertz CT molecular complexity index is 690. The number of amides is 1. The van der Waals surface area contributed by atoms with Crippen molar-refractivity contribution in [3.05, 3.63) is 48.0 Å². The maximum absolute atomic E-state index is 11.1. The molecule has 1 amide bonds. The molecule has 20 heavy (non-hydrogen) atoms. The normalized spacial score (nSPS) is 9.60. The SMILES string of the molecule is CC(=O)Nc1ccccc1Oc1ccc(N)c(C#N)c1. The third-order valence-corrected chi connectivity index (χ3v) is 2.57. The molecule has 0 aliphatic carbocycles. The molecule has 2 aromatic carbocycles. The summed E-state index contributed by atoms with van der Waals surface area (Å²) in [5.41, 5.74) is 6.96. The van der Waals surface area contributed by atoms with E-state index in [-0.39, 0.29) is 5.91 Å². The van der Waals surface area contributed by atoms with E-state index in [4.69, 9.17) is 15.7 Å². The maximum atomic E-state index is 11.1. The maximum Gasteiger partial charge on any atom is 0.221 e. The lowest BCUT2D eigenvalue weighted by Gasteiger charge is -2.11. The molecule has 0 saturated heterocycles. The van der Waals surface area contributed by atoms with Gasteiger partial charge < -0.3 is 15.8 Å². The number of nitrogen functional groups attached to an aromatic ring is 1. The van der Waals surface area contributed by atoms with E-state index >= 15 is 0 Å². The second-order valence-electron chi connectivity index (χ2n) is 4.14. The van der Waals surface area contributed by atoms with Crippen molar-refractivity contribution in [2.45, 2.75) is 6.92 Å². The molecule has 0 saturated carbocycles. The number of carbonyl (C=O) groups is 1. The molecule has 0 aliphatic heterocycles. The first-order valence-electron chi connectivity index (χ1n) is 5.94. The fraction of sp³-hybridized carbons (Fsp3) is 0.0667. The monoisotopic (exact) mass is 267 g/mol. The molecular formula is C15H13N3O2. The summed E-state index contributed by atoms with van der Waals surface area (Å²) in [6.45, 7) is 1.42. The Hall–Kier alpha value is -3.00. The van der Waals surface area contributed by atoms with Crippen molar-refractivity contribution in [1.82, 2.24) is 0 Å². The molecule has 0 fully saturated rings. The van der Waals surface area contributed by atoms with Gasteiger partial charge in [-0.1, -0.05) is 12.1 Å². The largest absolute Gasteiger partial charge is 0.455 e. The smallest absolute Gasteiger partial charge is 0.221 e. The molecule has 0 unspecified atom stereocenters. The van der Waals surface area contributed by atoms with Crippen LogP contribution in [0.2, 0.25) is 0 Å². The zero-order chi connectivity index (χ0) is 14.5. The molecule has 0 radical (unpaired) electrons. The fourth-order valence-corrected chi connectivity index (χ4v) is 1.67. The second-order valence-corrected chi connectivity index (χ2v) is 4.14. The second kappa shape index (κ2) is 5.76. The third kappa shape index (κ3) is 3.06. The summed E-state index contributed by atoms with van der Waals surface area (Å²) in [4.78, 5) is 11.1. The Labute approximate surface area is 116 Å². The van der Waals surface area contributed by atoms with Crippen molar-refractivity contribution in [1.29, 1.82) is 5.26 Å². The van der Waals surface area contributed by atoms with Crippen LogP contribution >= 0.6 is 0 Å². The molecule has 2 rings (SSSR count). The average molecular weight is 267 g/mol. The van der Waals surface area contributed by atoms with Gasteiger partial charge in [0.25, 0.3) is 0 Å².